The number of carbonyl (C=O) groups excluding carboxylic acids is 2. The first-order chi connectivity index (χ1) is 16.6. The number of nitrogens with one attached hydrogen (secondary N) is 2. The smallest absolute Gasteiger partial charge is 0.274 e. The lowest BCUT2D eigenvalue weighted by molar-refractivity contribution is -0.114. The lowest BCUT2D eigenvalue weighted by Crippen LogP contribution is -2.39. The number of benzene rings is 1. The van der Waals surface area contributed by atoms with E-state index in [1.54, 1.807) is 30.3 Å². The largest absolute Gasteiger partial charge is 0.476 e. The van der Waals surface area contributed by atoms with E-state index in [4.69, 9.17) is 14.2 Å². The van der Waals surface area contributed by atoms with Crippen LogP contribution in [0, 0.1) is 0 Å². The lowest BCUT2D eigenvalue weighted by Gasteiger charge is -2.27. The summed E-state index contributed by atoms with van der Waals surface area (Å²) in [4.78, 5) is 37.9. The first kappa shape index (κ1) is 23.9. The number of hydrogen-bond acceptors (Lipinski definition) is 9. The van der Waals surface area contributed by atoms with E-state index in [9.17, 15) is 9.59 Å². The van der Waals surface area contributed by atoms with Crippen molar-refractivity contribution < 1.29 is 23.8 Å². The number of anilines is 3. The van der Waals surface area contributed by atoms with Crippen LogP contribution in [0.4, 0.5) is 17.3 Å². The Balaban J connectivity index is 1.51. The summed E-state index contributed by atoms with van der Waals surface area (Å²) in [5, 5.41) is 5.55. The van der Waals surface area contributed by atoms with Crippen molar-refractivity contribution in [2.75, 3.05) is 81.3 Å². The molecule has 2 fully saturated rings. The van der Waals surface area contributed by atoms with E-state index in [0.717, 1.165) is 32.8 Å². The molecule has 182 valence electrons. The average molecular weight is 471 g/mol. The summed E-state index contributed by atoms with van der Waals surface area (Å²) in [6.07, 6.45) is 0. The molecule has 0 unspecified atom stereocenters. The van der Waals surface area contributed by atoms with Crippen LogP contribution >= 0.6 is 0 Å². The van der Waals surface area contributed by atoms with Gasteiger partial charge >= 0.3 is 0 Å². The number of morpholine rings is 2. The Morgan fingerprint density at radius 3 is 2.29 bits per heavy atom. The molecular formula is C23H30N6O5. The summed E-state index contributed by atoms with van der Waals surface area (Å²) < 4.78 is 16.7. The van der Waals surface area contributed by atoms with E-state index in [0.29, 0.717) is 56.1 Å². The SMILES string of the molecule is CC(=O)Nc1ccccc1NC(=O)c1cc(OCCN2CCOCC2)nc(N2CCOCC2)n1. The first-order valence-corrected chi connectivity index (χ1v) is 11.4. The number of para-hydroxylation sites is 2. The third-order valence-corrected chi connectivity index (χ3v) is 5.46. The highest BCUT2D eigenvalue weighted by Crippen LogP contribution is 2.23. The van der Waals surface area contributed by atoms with Gasteiger partial charge < -0.3 is 29.7 Å². The molecule has 2 saturated heterocycles. The van der Waals surface area contributed by atoms with Crippen molar-refractivity contribution in [3.8, 4) is 5.88 Å². The summed E-state index contributed by atoms with van der Waals surface area (Å²) in [5.41, 5.74) is 1.16. The van der Waals surface area contributed by atoms with Crippen LogP contribution < -0.4 is 20.3 Å². The second-order valence-electron chi connectivity index (χ2n) is 7.97. The number of carbonyl (C=O) groups is 2. The molecule has 11 heteroatoms. The van der Waals surface area contributed by atoms with Gasteiger partial charge in [0.2, 0.25) is 17.7 Å². The van der Waals surface area contributed by atoms with Crippen LogP contribution in [-0.4, -0.2) is 92.4 Å². The van der Waals surface area contributed by atoms with Gasteiger partial charge in [0.1, 0.15) is 12.3 Å². The number of amides is 2. The fourth-order valence-corrected chi connectivity index (χ4v) is 3.69. The molecule has 1 aromatic carbocycles. The molecule has 34 heavy (non-hydrogen) atoms. The van der Waals surface area contributed by atoms with Crippen LogP contribution in [0.2, 0.25) is 0 Å². The molecule has 3 heterocycles. The zero-order valence-electron chi connectivity index (χ0n) is 19.3. The quantitative estimate of drug-likeness (QED) is 0.587. The Bertz CT molecular complexity index is 992. The number of aromatic nitrogens is 2. The van der Waals surface area contributed by atoms with Gasteiger partial charge in [-0.25, -0.2) is 4.98 Å². The zero-order valence-corrected chi connectivity index (χ0v) is 19.3. The molecule has 0 aliphatic carbocycles. The van der Waals surface area contributed by atoms with E-state index in [1.165, 1.54) is 6.92 Å². The first-order valence-electron chi connectivity index (χ1n) is 11.4. The van der Waals surface area contributed by atoms with Gasteiger partial charge in [0.25, 0.3) is 5.91 Å². The molecule has 2 aliphatic heterocycles. The predicted molar refractivity (Wildman–Crippen MR) is 127 cm³/mol. The molecule has 0 saturated carbocycles. The molecule has 0 radical (unpaired) electrons. The molecule has 2 aliphatic rings. The van der Waals surface area contributed by atoms with Gasteiger partial charge in [-0.15, -0.1) is 0 Å². The Hall–Kier alpha value is -3.28. The van der Waals surface area contributed by atoms with E-state index < -0.39 is 5.91 Å². The molecule has 1 aromatic heterocycles. The van der Waals surface area contributed by atoms with Crippen molar-refractivity contribution in [3.63, 3.8) is 0 Å². The number of nitrogens with zero attached hydrogens (tertiary/aromatic N) is 4. The monoisotopic (exact) mass is 470 g/mol. The fourth-order valence-electron chi connectivity index (χ4n) is 3.69. The predicted octanol–water partition coefficient (Wildman–Crippen LogP) is 1.23. The molecule has 2 amide bonds. The lowest BCUT2D eigenvalue weighted by atomic mass is 10.2. The maximum Gasteiger partial charge on any atom is 0.274 e. The Morgan fingerprint density at radius 2 is 1.62 bits per heavy atom. The summed E-state index contributed by atoms with van der Waals surface area (Å²) in [6.45, 7) is 8.16. The number of rotatable bonds is 8. The van der Waals surface area contributed by atoms with Crippen LogP contribution in [-0.2, 0) is 14.3 Å². The third kappa shape index (κ3) is 6.62. The Kier molecular flexibility index (Phi) is 8.23. The highest BCUT2D eigenvalue weighted by molar-refractivity contribution is 6.06. The molecule has 0 atom stereocenters. The Morgan fingerprint density at radius 1 is 0.971 bits per heavy atom. The second-order valence-corrected chi connectivity index (χ2v) is 7.97. The van der Waals surface area contributed by atoms with Crippen LogP contribution in [0.15, 0.2) is 30.3 Å². The molecule has 2 N–H and O–H groups in total. The van der Waals surface area contributed by atoms with Crippen molar-refractivity contribution in [2.24, 2.45) is 0 Å². The molecular weight excluding hydrogens is 440 g/mol. The summed E-state index contributed by atoms with van der Waals surface area (Å²) in [5.74, 6) is 0.111. The van der Waals surface area contributed by atoms with Crippen molar-refractivity contribution in [1.29, 1.82) is 0 Å². The standard InChI is InChI=1S/C23H30N6O5/c1-17(30)24-18-4-2-3-5-19(18)25-22(31)20-16-21(34-15-8-28-6-11-32-12-7-28)27-23(26-20)29-9-13-33-14-10-29/h2-5,16H,6-15H2,1H3,(H,24,30)(H,25,31). The van der Waals surface area contributed by atoms with Crippen LogP contribution in [0.5, 0.6) is 5.88 Å². The zero-order chi connectivity index (χ0) is 23.8. The van der Waals surface area contributed by atoms with Crippen molar-refractivity contribution >= 4 is 29.1 Å². The van der Waals surface area contributed by atoms with Gasteiger partial charge in [-0.3, -0.25) is 14.5 Å². The van der Waals surface area contributed by atoms with Crippen molar-refractivity contribution in [3.05, 3.63) is 36.0 Å². The van der Waals surface area contributed by atoms with Crippen molar-refractivity contribution in [2.45, 2.75) is 6.92 Å². The van der Waals surface area contributed by atoms with Crippen LogP contribution in [0.3, 0.4) is 0 Å². The van der Waals surface area contributed by atoms with Gasteiger partial charge in [0.15, 0.2) is 0 Å². The maximum atomic E-state index is 13.1. The minimum Gasteiger partial charge on any atom is -0.476 e. The molecule has 2 aromatic rings. The topological polar surface area (TPSA) is 118 Å². The summed E-state index contributed by atoms with van der Waals surface area (Å²) >= 11 is 0. The molecule has 11 nitrogen and oxygen atoms in total. The molecule has 0 bridgehead atoms. The highest BCUT2D eigenvalue weighted by atomic mass is 16.5. The third-order valence-electron chi connectivity index (χ3n) is 5.46. The highest BCUT2D eigenvalue weighted by Gasteiger charge is 2.20. The van der Waals surface area contributed by atoms with E-state index >= 15 is 0 Å². The van der Waals surface area contributed by atoms with Gasteiger partial charge in [0.05, 0.1) is 37.8 Å². The Labute approximate surface area is 198 Å². The van der Waals surface area contributed by atoms with Gasteiger partial charge in [-0.05, 0) is 12.1 Å². The van der Waals surface area contributed by atoms with Crippen molar-refractivity contribution in [1.82, 2.24) is 14.9 Å². The molecule has 0 spiro atoms. The van der Waals surface area contributed by atoms with E-state index in [1.807, 2.05) is 4.90 Å². The fraction of sp³-hybridized carbons (Fsp3) is 0.478. The minimum absolute atomic E-state index is 0.176. The minimum atomic E-state index is -0.423. The summed E-state index contributed by atoms with van der Waals surface area (Å²) in [7, 11) is 0. The van der Waals surface area contributed by atoms with Crippen LogP contribution in [0.25, 0.3) is 0 Å². The average Bonchev–Trinajstić information content (AvgIpc) is 2.86. The molecule has 4 rings (SSSR count). The normalized spacial score (nSPS) is 16.7. The van der Waals surface area contributed by atoms with Crippen LogP contribution in [0.1, 0.15) is 17.4 Å². The maximum absolute atomic E-state index is 13.1. The van der Waals surface area contributed by atoms with Gasteiger partial charge in [-0.1, -0.05) is 12.1 Å². The van der Waals surface area contributed by atoms with Gasteiger partial charge in [0, 0.05) is 45.7 Å². The van der Waals surface area contributed by atoms with E-state index in [-0.39, 0.29) is 11.6 Å². The number of hydrogen-bond donors (Lipinski definition) is 2. The van der Waals surface area contributed by atoms with E-state index in [2.05, 4.69) is 25.5 Å². The summed E-state index contributed by atoms with van der Waals surface area (Å²) in [6, 6.07) is 8.53. The number of ether oxygens (including phenoxy) is 3. The second kappa shape index (κ2) is 11.7. The van der Waals surface area contributed by atoms with Gasteiger partial charge in [-0.2, -0.15) is 4.98 Å².